The van der Waals surface area contributed by atoms with E-state index in [4.69, 9.17) is 14.2 Å². The second kappa shape index (κ2) is 8.94. The maximum atomic E-state index is 12.0. The zero-order valence-electron chi connectivity index (χ0n) is 15.5. The molecule has 0 heterocycles. The van der Waals surface area contributed by atoms with Gasteiger partial charge in [-0.2, -0.15) is 0 Å². The van der Waals surface area contributed by atoms with Gasteiger partial charge in [0.1, 0.15) is 5.75 Å². The fourth-order valence-corrected chi connectivity index (χ4v) is 2.71. The Bertz CT molecular complexity index is 738. The lowest BCUT2D eigenvalue weighted by Crippen LogP contribution is -2.27. The van der Waals surface area contributed by atoms with E-state index >= 15 is 0 Å². The van der Waals surface area contributed by atoms with Crippen molar-refractivity contribution in [3.63, 3.8) is 0 Å². The van der Waals surface area contributed by atoms with Crippen molar-refractivity contribution in [1.29, 1.82) is 0 Å². The summed E-state index contributed by atoms with van der Waals surface area (Å²) < 4.78 is 16.6. The van der Waals surface area contributed by atoms with Crippen LogP contribution in [0.25, 0.3) is 10.8 Å². The van der Waals surface area contributed by atoms with Crippen molar-refractivity contribution in [2.75, 3.05) is 20.2 Å². The molecule has 7 nitrogen and oxygen atoms in total. The van der Waals surface area contributed by atoms with Crippen LogP contribution in [0.15, 0.2) is 24.3 Å². The lowest BCUT2D eigenvalue weighted by molar-refractivity contribution is 0.197. The molecule has 0 atom stereocenters. The van der Waals surface area contributed by atoms with Crippen LogP contribution in [0.4, 0.5) is 9.59 Å². The second-order valence-corrected chi connectivity index (χ2v) is 5.41. The van der Waals surface area contributed by atoms with Crippen molar-refractivity contribution in [3.05, 3.63) is 29.8 Å². The van der Waals surface area contributed by atoms with Gasteiger partial charge in [0.15, 0.2) is 11.5 Å². The number of carbonyl (C=O) groups excluding carboxylic acids is 2. The predicted molar refractivity (Wildman–Crippen MR) is 99.3 cm³/mol. The zero-order chi connectivity index (χ0) is 19.1. The van der Waals surface area contributed by atoms with Crippen molar-refractivity contribution < 1.29 is 23.8 Å². The first-order valence-corrected chi connectivity index (χ1v) is 8.60. The number of methoxy groups -OCH3 is 1. The quantitative estimate of drug-likeness (QED) is 0.822. The molecule has 0 unspecified atom stereocenters. The lowest BCUT2D eigenvalue weighted by Gasteiger charge is -2.20. The number of fused-ring (bicyclic) bond motifs is 1. The Labute approximate surface area is 152 Å². The topological polar surface area (TPSA) is 85.9 Å². The molecule has 26 heavy (non-hydrogen) atoms. The molecule has 0 aliphatic rings. The molecule has 0 bridgehead atoms. The van der Waals surface area contributed by atoms with Gasteiger partial charge in [-0.15, -0.1) is 0 Å². The van der Waals surface area contributed by atoms with Crippen LogP contribution in [-0.4, -0.2) is 32.4 Å². The molecule has 0 spiro atoms. The SMILES string of the molecule is CCNC(=O)Oc1c(CC)c(OC)c(OC(=O)NCC)c2ccccc12. The number of hydrogen-bond acceptors (Lipinski definition) is 5. The Kier molecular flexibility index (Phi) is 6.66. The maximum absolute atomic E-state index is 12.0. The van der Waals surface area contributed by atoms with Gasteiger partial charge in [-0.05, 0) is 20.3 Å². The van der Waals surface area contributed by atoms with Gasteiger partial charge in [-0.1, -0.05) is 31.2 Å². The normalized spacial score (nSPS) is 10.3. The third-order valence-electron chi connectivity index (χ3n) is 3.76. The molecule has 2 amide bonds. The van der Waals surface area contributed by atoms with E-state index in [1.54, 1.807) is 13.0 Å². The van der Waals surface area contributed by atoms with Gasteiger partial charge in [-0.3, -0.25) is 0 Å². The molecule has 0 saturated carbocycles. The van der Waals surface area contributed by atoms with Gasteiger partial charge in [0.2, 0.25) is 0 Å². The molecule has 0 radical (unpaired) electrons. The van der Waals surface area contributed by atoms with Crippen LogP contribution in [0, 0.1) is 0 Å². The van der Waals surface area contributed by atoms with E-state index in [2.05, 4.69) is 10.6 Å². The molecule has 140 valence electrons. The van der Waals surface area contributed by atoms with Gasteiger partial charge in [0.25, 0.3) is 0 Å². The summed E-state index contributed by atoms with van der Waals surface area (Å²) in [6.07, 6.45) is -0.601. The molecular formula is C19H24N2O5. The number of hydrogen-bond donors (Lipinski definition) is 2. The smallest absolute Gasteiger partial charge is 0.412 e. The molecule has 0 saturated heterocycles. The largest absolute Gasteiger partial charge is 0.492 e. The molecular weight excluding hydrogens is 336 g/mol. The first-order valence-electron chi connectivity index (χ1n) is 8.60. The minimum Gasteiger partial charge on any atom is -0.492 e. The van der Waals surface area contributed by atoms with E-state index in [1.165, 1.54) is 7.11 Å². The van der Waals surface area contributed by atoms with Crippen LogP contribution in [-0.2, 0) is 6.42 Å². The standard InChI is InChI=1S/C19H24N2O5/c1-5-12-15(25-18(22)20-6-2)13-10-8-9-11-14(13)17(16(12)24-4)26-19(23)21-7-3/h8-11H,5-7H2,1-4H3,(H,20,22)(H,21,23). The average Bonchev–Trinajstić information content (AvgIpc) is 2.63. The summed E-state index contributed by atoms with van der Waals surface area (Å²) >= 11 is 0. The number of nitrogens with one attached hydrogen (secondary N) is 2. The highest BCUT2D eigenvalue weighted by Crippen LogP contribution is 2.46. The fraction of sp³-hybridized carbons (Fsp3) is 0.368. The molecule has 0 aliphatic heterocycles. The van der Waals surface area contributed by atoms with Crippen LogP contribution in [0.2, 0.25) is 0 Å². The third kappa shape index (κ3) is 3.99. The van der Waals surface area contributed by atoms with Crippen molar-refractivity contribution in [2.24, 2.45) is 0 Å². The van der Waals surface area contributed by atoms with E-state index < -0.39 is 12.2 Å². The van der Waals surface area contributed by atoms with Crippen LogP contribution in [0.1, 0.15) is 26.3 Å². The second-order valence-electron chi connectivity index (χ2n) is 5.41. The first-order chi connectivity index (χ1) is 12.6. The predicted octanol–water partition coefficient (Wildman–Crippen LogP) is 3.63. The van der Waals surface area contributed by atoms with Crippen molar-refractivity contribution >= 4 is 23.0 Å². The third-order valence-corrected chi connectivity index (χ3v) is 3.76. The monoisotopic (exact) mass is 360 g/mol. The summed E-state index contributed by atoms with van der Waals surface area (Å²) in [5.41, 5.74) is 0.650. The summed E-state index contributed by atoms with van der Waals surface area (Å²) in [6, 6.07) is 7.24. The Morgan fingerprint density at radius 3 is 1.81 bits per heavy atom. The van der Waals surface area contributed by atoms with E-state index in [1.807, 2.05) is 32.0 Å². The summed E-state index contributed by atoms with van der Waals surface area (Å²) in [5.74, 6) is 1.07. The van der Waals surface area contributed by atoms with E-state index in [-0.39, 0.29) is 0 Å². The summed E-state index contributed by atoms with van der Waals surface area (Å²) in [4.78, 5) is 24.0. The van der Waals surface area contributed by atoms with Gasteiger partial charge in [-0.25, -0.2) is 9.59 Å². The van der Waals surface area contributed by atoms with Crippen LogP contribution < -0.4 is 24.8 Å². The van der Waals surface area contributed by atoms with Crippen molar-refractivity contribution in [3.8, 4) is 17.2 Å². The van der Waals surface area contributed by atoms with Gasteiger partial charge < -0.3 is 24.8 Å². The molecule has 2 aromatic rings. The van der Waals surface area contributed by atoms with Crippen molar-refractivity contribution in [1.82, 2.24) is 10.6 Å². The minimum atomic E-state index is -0.574. The van der Waals surface area contributed by atoms with Gasteiger partial charge in [0.05, 0.1) is 7.11 Å². The van der Waals surface area contributed by atoms with E-state index in [0.29, 0.717) is 53.1 Å². The molecule has 0 fully saturated rings. The number of benzene rings is 2. The van der Waals surface area contributed by atoms with Crippen LogP contribution >= 0.6 is 0 Å². The number of amides is 2. The number of carbonyl (C=O) groups is 2. The Hall–Kier alpha value is -2.96. The van der Waals surface area contributed by atoms with Crippen LogP contribution in [0.5, 0.6) is 17.2 Å². The first kappa shape index (κ1) is 19.4. The molecule has 0 aliphatic carbocycles. The van der Waals surface area contributed by atoms with Gasteiger partial charge >= 0.3 is 12.2 Å². The van der Waals surface area contributed by atoms with E-state index in [9.17, 15) is 9.59 Å². The lowest BCUT2D eigenvalue weighted by atomic mass is 10.0. The zero-order valence-corrected chi connectivity index (χ0v) is 15.5. The van der Waals surface area contributed by atoms with Gasteiger partial charge in [0, 0.05) is 29.4 Å². The molecule has 2 N–H and O–H groups in total. The number of ether oxygens (including phenoxy) is 3. The van der Waals surface area contributed by atoms with E-state index in [0.717, 1.165) is 0 Å². The Morgan fingerprint density at radius 1 is 0.846 bits per heavy atom. The molecule has 7 heteroatoms. The average molecular weight is 360 g/mol. The fourth-order valence-electron chi connectivity index (χ4n) is 2.71. The Morgan fingerprint density at radius 2 is 1.35 bits per heavy atom. The summed E-state index contributed by atoms with van der Waals surface area (Å²) in [7, 11) is 1.49. The highest BCUT2D eigenvalue weighted by Gasteiger charge is 2.24. The highest BCUT2D eigenvalue weighted by molar-refractivity contribution is 5.99. The highest BCUT2D eigenvalue weighted by atomic mass is 16.6. The maximum Gasteiger partial charge on any atom is 0.412 e. The molecule has 2 rings (SSSR count). The summed E-state index contributed by atoms with van der Waals surface area (Å²) in [6.45, 7) is 6.42. The minimum absolute atomic E-state index is 0.300. The molecule has 2 aromatic carbocycles. The van der Waals surface area contributed by atoms with Crippen molar-refractivity contribution in [2.45, 2.75) is 27.2 Å². The Balaban J connectivity index is 2.69. The number of rotatable bonds is 6. The molecule has 0 aromatic heterocycles. The van der Waals surface area contributed by atoms with Crippen LogP contribution in [0.3, 0.4) is 0 Å². The summed E-state index contributed by atoms with van der Waals surface area (Å²) in [5, 5.41) is 6.49.